The number of fused-ring (bicyclic) bond motifs is 3. The predicted molar refractivity (Wildman–Crippen MR) is 106 cm³/mol. The van der Waals surface area contributed by atoms with Crippen LogP contribution in [0.4, 0.5) is 0 Å². The van der Waals surface area contributed by atoms with E-state index in [-0.39, 0.29) is 0 Å². The Labute approximate surface area is 152 Å². The first-order valence-electron chi connectivity index (χ1n) is 8.93. The number of nitrogens with zero attached hydrogens (tertiary/aromatic N) is 3. The molecule has 0 radical (unpaired) electrons. The Bertz CT molecular complexity index is 1070. The molecule has 0 amide bonds. The van der Waals surface area contributed by atoms with Crippen molar-refractivity contribution in [1.29, 1.82) is 0 Å². The van der Waals surface area contributed by atoms with E-state index in [2.05, 4.69) is 94.3 Å². The van der Waals surface area contributed by atoms with E-state index < -0.39 is 0 Å². The second-order valence-electron chi connectivity index (χ2n) is 6.60. The minimum Gasteiger partial charge on any atom is -0.342 e. The van der Waals surface area contributed by atoms with Crippen LogP contribution in [0.5, 0.6) is 0 Å². The summed E-state index contributed by atoms with van der Waals surface area (Å²) in [7, 11) is 0. The van der Waals surface area contributed by atoms with Gasteiger partial charge in [-0.3, -0.25) is 0 Å². The van der Waals surface area contributed by atoms with Crippen LogP contribution in [0.2, 0.25) is 0 Å². The van der Waals surface area contributed by atoms with E-state index in [0.29, 0.717) is 0 Å². The van der Waals surface area contributed by atoms with Crippen molar-refractivity contribution >= 4 is 5.70 Å². The Morgan fingerprint density at radius 3 is 2.38 bits per heavy atom. The number of benzene rings is 2. The van der Waals surface area contributed by atoms with Gasteiger partial charge >= 0.3 is 0 Å². The van der Waals surface area contributed by atoms with E-state index >= 15 is 0 Å². The minimum atomic E-state index is 0.870. The zero-order chi connectivity index (χ0) is 17.3. The van der Waals surface area contributed by atoms with Crippen molar-refractivity contribution in [3.05, 3.63) is 96.7 Å². The fraction of sp³-hybridized carbons (Fsp3) is 0.0870. The Morgan fingerprint density at radius 1 is 0.808 bits per heavy atom. The lowest BCUT2D eigenvalue weighted by Crippen LogP contribution is -2.03. The van der Waals surface area contributed by atoms with Gasteiger partial charge in [0.25, 0.3) is 0 Å². The van der Waals surface area contributed by atoms with Gasteiger partial charge in [-0.1, -0.05) is 60.7 Å². The summed E-state index contributed by atoms with van der Waals surface area (Å²) >= 11 is 0. The highest BCUT2D eigenvalue weighted by Gasteiger charge is 2.19. The van der Waals surface area contributed by atoms with E-state index in [4.69, 9.17) is 5.10 Å². The molecule has 0 saturated carbocycles. The molecule has 0 unspecified atom stereocenters. The van der Waals surface area contributed by atoms with E-state index in [1.54, 1.807) is 0 Å². The molecule has 5 rings (SSSR count). The van der Waals surface area contributed by atoms with Crippen molar-refractivity contribution in [1.82, 2.24) is 14.3 Å². The lowest BCUT2D eigenvalue weighted by Gasteiger charge is -2.09. The Hall–Kier alpha value is -3.33. The molecule has 0 spiro atoms. The average Bonchev–Trinajstić information content (AvgIpc) is 3.31. The monoisotopic (exact) mass is 337 g/mol. The molecule has 0 atom stereocenters. The molecule has 3 heterocycles. The van der Waals surface area contributed by atoms with Crippen LogP contribution in [-0.4, -0.2) is 14.3 Å². The van der Waals surface area contributed by atoms with Crippen molar-refractivity contribution in [3.63, 3.8) is 0 Å². The minimum absolute atomic E-state index is 0.870. The number of aromatic nitrogens is 3. The quantitative estimate of drug-likeness (QED) is 0.509. The van der Waals surface area contributed by atoms with E-state index in [1.165, 1.54) is 17.0 Å². The largest absolute Gasteiger partial charge is 0.342 e. The molecule has 0 N–H and O–H groups in total. The topological polar surface area (TPSA) is 22.8 Å². The number of rotatable bonds is 3. The van der Waals surface area contributed by atoms with Crippen LogP contribution in [0.1, 0.15) is 5.56 Å². The molecule has 4 aromatic rings. The van der Waals surface area contributed by atoms with Crippen molar-refractivity contribution in [3.8, 4) is 22.6 Å². The van der Waals surface area contributed by atoms with Crippen LogP contribution in [0.15, 0.2) is 91.1 Å². The molecule has 126 valence electrons. The first kappa shape index (κ1) is 15.0. The van der Waals surface area contributed by atoms with Crippen LogP contribution < -0.4 is 0 Å². The fourth-order valence-electron chi connectivity index (χ4n) is 3.58. The summed E-state index contributed by atoms with van der Waals surface area (Å²) in [6.45, 7) is 0.870. The van der Waals surface area contributed by atoms with Gasteiger partial charge in [0.2, 0.25) is 0 Å². The third-order valence-corrected chi connectivity index (χ3v) is 4.89. The third kappa shape index (κ3) is 2.58. The number of hydrogen-bond acceptors (Lipinski definition) is 1. The molecule has 0 aliphatic carbocycles. The molecule has 0 saturated heterocycles. The van der Waals surface area contributed by atoms with E-state index in [9.17, 15) is 0 Å². The van der Waals surface area contributed by atoms with Gasteiger partial charge in [-0.15, -0.1) is 0 Å². The van der Waals surface area contributed by atoms with Crippen LogP contribution in [0.25, 0.3) is 28.3 Å². The summed E-state index contributed by atoms with van der Waals surface area (Å²) < 4.78 is 4.40. The molecule has 26 heavy (non-hydrogen) atoms. The van der Waals surface area contributed by atoms with Gasteiger partial charge in [0.1, 0.15) is 0 Å². The fourth-order valence-corrected chi connectivity index (χ4v) is 3.58. The number of allylic oxidation sites excluding steroid dienone is 2. The van der Waals surface area contributed by atoms with Gasteiger partial charge in [-0.2, -0.15) is 5.10 Å². The molecule has 2 aromatic carbocycles. The smallest absolute Gasteiger partial charge is 0.0934 e. The van der Waals surface area contributed by atoms with E-state index in [1.807, 2.05) is 6.07 Å². The summed E-state index contributed by atoms with van der Waals surface area (Å²) in [5, 5.41) is 4.97. The normalized spacial score (nSPS) is 12.8. The first-order valence-corrected chi connectivity index (χ1v) is 8.93. The highest BCUT2D eigenvalue weighted by atomic mass is 15.3. The molecule has 3 heteroatoms. The standard InChI is InChI=1S/C23H19N3/c1-3-8-18(9-4-1)16-20-13-15-25-14-7-12-22(25)23-17-21(24-26(20)23)19-10-5-2-6-11-19/h1-14,17H,15-16H2. The molecule has 3 nitrogen and oxygen atoms in total. The highest BCUT2D eigenvalue weighted by molar-refractivity contribution is 5.72. The van der Waals surface area contributed by atoms with Crippen LogP contribution in [-0.2, 0) is 13.0 Å². The van der Waals surface area contributed by atoms with Gasteiger partial charge in [0.15, 0.2) is 0 Å². The number of hydrogen-bond donors (Lipinski definition) is 0. The van der Waals surface area contributed by atoms with Crippen LogP contribution in [0, 0.1) is 0 Å². The van der Waals surface area contributed by atoms with E-state index in [0.717, 1.165) is 29.9 Å². The van der Waals surface area contributed by atoms with Gasteiger partial charge in [0, 0.05) is 30.4 Å². The van der Waals surface area contributed by atoms with Gasteiger partial charge < -0.3 is 4.57 Å². The summed E-state index contributed by atoms with van der Waals surface area (Å²) in [6.07, 6.45) is 5.29. The lowest BCUT2D eigenvalue weighted by molar-refractivity contribution is 0.843. The molecular formula is C23H19N3. The second-order valence-corrected chi connectivity index (χ2v) is 6.60. The zero-order valence-electron chi connectivity index (χ0n) is 14.4. The Kier molecular flexibility index (Phi) is 3.56. The molecule has 0 fully saturated rings. The molecule has 2 aromatic heterocycles. The maximum atomic E-state index is 4.97. The summed E-state index contributed by atoms with van der Waals surface area (Å²) in [4.78, 5) is 0. The molecule has 1 aliphatic rings. The third-order valence-electron chi connectivity index (χ3n) is 4.89. The highest BCUT2D eigenvalue weighted by Crippen LogP contribution is 2.32. The maximum absolute atomic E-state index is 4.97. The average molecular weight is 337 g/mol. The van der Waals surface area contributed by atoms with Crippen LogP contribution in [0.3, 0.4) is 0 Å². The van der Waals surface area contributed by atoms with Gasteiger partial charge in [0.05, 0.1) is 17.1 Å². The van der Waals surface area contributed by atoms with Gasteiger partial charge in [-0.25, -0.2) is 4.68 Å². The maximum Gasteiger partial charge on any atom is 0.0934 e. The lowest BCUT2D eigenvalue weighted by atomic mass is 10.1. The van der Waals surface area contributed by atoms with Crippen molar-refractivity contribution in [2.24, 2.45) is 0 Å². The summed E-state index contributed by atoms with van der Waals surface area (Å²) in [5.74, 6) is 0. The predicted octanol–water partition coefficient (Wildman–Crippen LogP) is 5.12. The molecule has 1 aliphatic heterocycles. The van der Waals surface area contributed by atoms with Crippen molar-refractivity contribution < 1.29 is 0 Å². The second kappa shape index (κ2) is 6.19. The first-order chi connectivity index (χ1) is 12.9. The Balaban J connectivity index is 1.64. The molecular weight excluding hydrogens is 318 g/mol. The zero-order valence-corrected chi connectivity index (χ0v) is 14.4. The molecule has 0 bridgehead atoms. The van der Waals surface area contributed by atoms with Crippen molar-refractivity contribution in [2.45, 2.75) is 13.0 Å². The SMILES string of the molecule is C1=C(Cc2ccccc2)n2nc(-c3ccccc3)cc2-c2cccn2C1. The summed E-state index contributed by atoms with van der Waals surface area (Å²) in [6, 6.07) is 27.4. The van der Waals surface area contributed by atoms with Crippen LogP contribution >= 0.6 is 0 Å². The van der Waals surface area contributed by atoms with Gasteiger partial charge in [-0.05, 0) is 29.8 Å². The van der Waals surface area contributed by atoms with Crippen molar-refractivity contribution in [2.75, 3.05) is 0 Å². The summed E-state index contributed by atoms with van der Waals surface area (Å²) in [5.41, 5.74) is 7.03. The Morgan fingerprint density at radius 2 is 1.58 bits per heavy atom.